The molecular weight excluding hydrogens is 388 g/mol. The molecule has 0 bridgehead atoms. The van der Waals surface area contributed by atoms with Crippen LogP contribution in [0.25, 0.3) is 0 Å². The third-order valence-corrected chi connectivity index (χ3v) is 5.79. The van der Waals surface area contributed by atoms with Crippen LogP contribution in [0.1, 0.15) is 95.7 Å². The molecule has 2 aliphatic carbocycles. The largest absolute Gasteiger partial charge is 0.456 e. The topological polar surface area (TPSA) is 105 Å². The van der Waals surface area contributed by atoms with Crippen LogP contribution in [0.5, 0.6) is 0 Å². The second kappa shape index (κ2) is 9.73. The number of carbonyl (C=O) groups is 2. The summed E-state index contributed by atoms with van der Waals surface area (Å²) in [5, 5.41) is 7.97. The summed E-state index contributed by atoms with van der Waals surface area (Å²) in [5.74, 6) is -0.142. The van der Waals surface area contributed by atoms with E-state index in [1.807, 2.05) is 0 Å². The highest BCUT2D eigenvalue weighted by atomic mass is 16.6. The van der Waals surface area contributed by atoms with Crippen molar-refractivity contribution < 1.29 is 28.1 Å². The SMILES string of the molecule is O=C(OC/C=C/COC(=O)c1cc(C2CCCC2)no1)c1cc(C2CCCC2)no1. The first-order chi connectivity index (χ1) is 14.7. The monoisotopic (exact) mass is 414 g/mol. The zero-order chi connectivity index (χ0) is 20.8. The summed E-state index contributed by atoms with van der Waals surface area (Å²) in [6.07, 6.45) is 12.3. The molecule has 0 unspecified atom stereocenters. The van der Waals surface area contributed by atoms with Crippen LogP contribution in [0.15, 0.2) is 33.3 Å². The number of hydrogen-bond donors (Lipinski definition) is 0. The van der Waals surface area contributed by atoms with Crippen LogP contribution in [0.3, 0.4) is 0 Å². The number of rotatable bonds is 8. The molecule has 160 valence electrons. The summed E-state index contributed by atoms with van der Waals surface area (Å²) in [4.78, 5) is 24.0. The smallest absolute Gasteiger partial charge is 0.377 e. The van der Waals surface area contributed by atoms with Gasteiger partial charge in [-0.3, -0.25) is 0 Å². The summed E-state index contributed by atoms with van der Waals surface area (Å²) in [6.45, 7) is 0.0912. The molecule has 2 aromatic rings. The molecule has 0 N–H and O–H groups in total. The standard InChI is InChI=1S/C22H26N2O6/c25-21(19-13-17(23-29-19)15-7-1-2-8-15)27-11-5-6-12-28-22(26)20-14-18(24-30-20)16-9-3-4-10-16/h5-6,13-16H,1-4,7-12H2/b6-5+. The molecule has 2 heterocycles. The van der Waals surface area contributed by atoms with Gasteiger partial charge in [-0.05, 0) is 37.8 Å². The van der Waals surface area contributed by atoms with Crippen LogP contribution in [-0.4, -0.2) is 35.5 Å². The van der Waals surface area contributed by atoms with Crippen molar-refractivity contribution in [3.05, 3.63) is 47.2 Å². The molecule has 2 aromatic heterocycles. The Balaban J connectivity index is 1.15. The Morgan fingerprint density at radius 1 is 0.800 bits per heavy atom. The van der Waals surface area contributed by atoms with Crippen molar-refractivity contribution in [1.82, 2.24) is 10.3 Å². The van der Waals surface area contributed by atoms with Gasteiger partial charge in [-0.15, -0.1) is 0 Å². The molecule has 0 spiro atoms. The lowest BCUT2D eigenvalue weighted by Gasteiger charge is -2.01. The molecular formula is C22H26N2O6. The average Bonchev–Trinajstić information content (AvgIpc) is 3.56. The van der Waals surface area contributed by atoms with Crippen LogP contribution in [0, 0.1) is 0 Å². The van der Waals surface area contributed by atoms with Crippen molar-refractivity contribution in [3.63, 3.8) is 0 Å². The van der Waals surface area contributed by atoms with Gasteiger partial charge in [0.1, 0.15) is 13.2 Å². The molecule has 2 aliphatic rings. The van der Waals surface area contributed by atoms with E-state index in [2.05, 4.69) is 10.3 Å². The van der Waals surface area contributed by atoms with Crippen LogP contribution >= 0.6 is 0 Å². The molecule has 2 fully saturated rings. The summed E-state index contributed by atoms with van der Waals surface area (Å²) >= 11 is 0. The van der Waals surface area contributed by atoms with Crippen molar-refractivity contribution in [2.24, 2.45) is 0 Å². The van der Waals surface area contributed by atoms with Gasteiger partial charge in [-0.25, -0.2) is 9.59 Å². The second-order valence-corrected chi connectivity index (χ2v) is 7.86. The van der Waals surface area contributed by atoms with Crippen molar-refractivity contribution in [2.45, 2.75) is 63.2 Å². The van der Waals surface area contributed by atoms with E-state index >= 15 is 0 Å². The molecule has 0 saturated heterocycles. The normalized spacial score (nSPS) is 17.7. The molecule has 0 aliphatic heterocycles. The third-order valence-electron chi connectivity index (χ3n) is 5.79. The molecule has 2 saturated carbocycles. The van der Waals surface area contributed by atoms with Crippen LogP contribution in [-0.2, 0) is 9.47 Å². The molecule has 0 amide bonds. The van der Waals surface area contributed by atoms with Gasteiger partial charge in [0.25, 0.3) is 0 Å². The van der Waals surface area contributed by atoms with Gasteiger partial charge in [0, 0.05) is 24.0 Å². The summed E-state index contributed by atoms with van der Waals surface area (Å²) in [7, 11) is 0. The molecule has 30 heavy (non-hydrogen) atoms. The Morgan fingerprint density at radius 2 is 1.20 bits per heavy atom. The van der Waals surface area contributed by atoms with Gasteiger partial charge in [0.05, 0.1) is 11.4 Å². The molecule has 0 radical (unpaired) electrons. The highest BCUT2D eigenvalue weighted by molar-refractivity contribution is 5.86. The molecule has 8 nitrogen and oxygen atoms in total. The van der Waals surface area contributed by atoms with Gasteiger partial charge >= 0.3 is 11.9 Å². The highest BCUT2D eigenvalue weighted by Crippen LogP contribution is 2.34. The molecule has 0 aromatic carbocycles. The second-order valence-electron chi connectivity index (χ2n) is 7.86. The van der Waals surface area contributed by atoms with E-state index in [-0.39, 0.29) is 24.7 Å². The Morgan fingerprint density at radius 3 is 1.60 bits per heavy atom. The van der Waals surface area contributed by atoms with Gasteiger partial charge in [0.2, 0.25) is 11.5 Å². The van der Waals surface area contributed by atoms with E-state index in [0.29, 0.717) is 11.8 Å². The van der Waals surface area contributed by atoms with Gasteiger partial charge in [-0.2, -0.15) is 0 Å². The zero-order valence-corrected chi connectivity index (χ0v) is 16.9. The van der Waals surface area contributed by atoms with Crippen LogP contribution < -0.4 is 0 Å². The summed E-state index contributed by atoms with van der Waals surface area (Å²) < 4.78 is 20.5. The minimum atomic E-state index is -0.561. The number of ether oxygens (including phenoxy) is 2. The van der Waals surface area contributed by atoms with Crippen molar-refractivity contribution in [1.29, 1.82) is 0 Å². The first-order valence-corrected chi connectivity index (χ1v) is 10.6. The molecule has 4 rings (SSSR count). The Kier molecular flexibility index (Phi) is 6.61. The minimum absolute atomic E-state index is 0.0456. The Hall–Kier alpha value is -2.90. The van der Waals surface area contributed by atoms with E-state index in [1.54, 1.807) is 24.3 Å². The number of carbonyl (C=O) groups excluding carboxylic acids is 2. The fourth-order valence-electron chi connectivity index (χ4n) is 4.12. The van der Waals surface area contributed by atoms with Gasteiger partial charge in [0.15, 0.2) is 0 Å². The minimum Gasteiger partial charge on any atom is -0.456 e. The van der Waals surface area contributed by atoms with E-state index < -0.39 is 11.9 Å². The fourth-order valence-corrected chi connectivity index (χ4v) is 4.12. The predicted octanol–water partition coefficient (Wildman–Crippen LogP) is 4.55. The lowest BCUT2D eigenvalue weighted by atomic mass is 10.0. The lowest BCUT2D eigenvalue weighted by Crippen LogP contribution is -2.05. The highest BCUT2D eigenvalue weighted by Gasteiger charge is 2.24. The van der Waals surface area contributed by atoms with Crippen molar-refractivity contribution in [3.8, 4) is 0 Å². The molecule has 8 heteroatoms. The maximum absolute atomic E-state index is 12.0. The average molecular weight is 414 g/mol. The lowest BCUT2D eigenvalue weighted by molar-refractivity contribution is 0.0481. The number of nitrogens with zero attached hydrogens (tertiary/aromatic N) is 2. The van der Waals surface area contributed by atoms with Gasteiger partial charge in [-0.1, -0.05) is 36.0 Å². The third kappa shape index (κ3) is 4.98. The Bertz CT molecular complexity index is 815. The number of aromatic nitrogens is 2. The Labute approximate surface area is 174 Å². The quantitative estimate of drug-likeness (QED) is 0.458. The van der Waals surface area contributed by atoms with Crippen LogP contribution in [0.2, 0.25) is 0 Å². The number of esters is 2. The maximum Gasteiger partial charge on any atom is 0.377 e. The van der Waals surface area contributed by atoms with Crippen molar-refractivity contribution in [2.75, 3.05) is 13.2 Å². The zero-order valence-electron chi connectivity index (χ0n) is 16.9. The maximum atomic E-state index is 12.0. The number of hydrogen-bond acceptors (Lipinski definition) is 8. The predicted molar refractivity (Wildman–Crippen MR) is 105 cm³/mol. The fraction of sp³-hybridized carbons (Fsp3) is 0.545. The summed E-state index contributed by atoms with van der Waals surface area (Å²) in [6, 6.07) is 3.34. The van der Waals surface area contributed by atoms with Crippen molar-refractivity contribution >= 4 is 11.9 Å². The van der Waals surface area contributed by atoms with E-state index in [0.717, 1.165) is 37.1 Å². The van der Waals surface area contributed by atoms with E-state index in [1.165, 1.54) is 25.7 Å². The first-order valence-electron chi connectivity index (χ1n) is 10.6. The van der Waals surface area contributed by atoms with Gasteiger partial charge < -0.3 is 18.5 Å². The van der Waals surface area contributed by atoms with Crippen LogP contribution in [0.4, 0.5) is 0 Å². The summed E-state index contributed by atoms with van der Waals surface area (Å²) in [5.41, 5.74) is 1.65. The van der Waals surface area contributed by atoms with E-state index in [9.17, 15) is 9.59 Å². The first kappa shape index (κ1) is 20.4. The van der Waals surface area contributed by atoms with E-state index in [4.69, 9.17) is 18.5 Å². The molecule has 0 atom stereocenters.